The number of hydrogen-bond acceptors (Lipinski definition) is 6. The Balaban J connectivity index is 2.25. The average Bonchev–Trinajstić information content (AvgIpc) is 2.79. The van der Waals surface area contributed by atoms with Crippen LogP contribution in [-0.2, 0) is 0 Å². The van der Waals surface area contributed by atoms with Gasteiger partial charge in [0.2, 0.25) is 0 Å². The lowest BCUT2D eigenvalue weighted by Crippen LogP contribution is -2.12. The van der Waals surface area contributed by atoms with Crippen LogP contribution in [0.5, 0.6) is 0 Å². The molecule has 1 heterocycles. The summed E-state index contributed by atoms with van der Waals surface area (Å²) in [4.78, 5) is 37.1. The van der Waals surface area contributed by atoms with Crippen molar-refractivity contribution in [3.63, 3.8) is 0 Å². The third-order valence-electron chi connectivity index (χ3n) is 2.57. The Bertz CT molecular complexity index is 758. The molecule has 0 radical (unpaired) electrons. The number of nitrogens with one attached hydrogen (secondary N) is 2. The van der Waals surface area contributed by atoms with Gasteiger partial charge in [0.1, 0.15) is 10.6 Å². The number of nitrogens with zero attached hydrogens (tertiary/aromatic N) is 2. The molecule has 0 bridgehead atoms. The lowest BCUT2D eigenvalue weighted by Gasteiger charge is -2.04. The lowest BCUT2D eigenvalue weighted by atomic mass is 10.2. The van der Waals surface area contributed by atoms with Crippen LogP contribution in [0.4, 0.5) is 21.3 Å². The molecule has 9 nitrogen and oxygen atoms in total. The molecule has 0 unspecified atom stereocenters. The number of aryl methyl sites for hydroxylation is 1. The first-order valence-corrected chi connectivity index (χ1v) is 6.72. The first kappa shape index (κ1) is 15.4. The van der Waals surface area contributed by atoms with E-state index in [0.29, 0.717) is 5.69 Å². The van der Waals surface area contributed by atoms with Crippen molar-refractivity contribution < 1.29 is 19.6 Å². The normalized spacial score (nSPS) is 10.0. The van der Waals surface area contributed by atoms with Crippen LogP contribution in [0, 0.1) is 17.0 Å². The summed E-state index contributed by atoms with van der Waals surface area (Å²) >= 11 is 0.844. The van der Waals surface area contributed by atoms with Gasteiger partial charge in [-0.1, -0.05) is 23.5 Å². The molecule has 0 fully saturated rings. The molecule has 2 rings (SSSR count). The van der Waals surface area contributed by atoms with Crippen molar-refractivity contribution in [1.82, 2.24) is 4.98 Å². The number of anilines is 2. The fourth-order valence-electron chi connectivity index (χ4n) is 1.67. The Labute approximate surface area is 127 Å². The fraction of sp³-hybridized carbons (Fsp3) is 0.0833. The third kappa shape index (κ3) is 3.35. The van der Waals surface area contributed by atoms with Crippen LogP contribution in [0.15, 0.2) is 24.3 Å². The number of rotatable bonds is 4. The average molecular weight is 322 g/mol. The van der Waals surface area contributed by atoms with Gasteiger partial charge in [-0.25, -0.2) is 9.78 Å². The molecule has 0 spiro atoms. The molecule has 0 aliphatic carbocycles. The maximum Gasteiger partial charge on any atom is 0.410 e. The number of carboxylic acid groups (broad SMARTS) is 1. The van der Waals surface area contributed by atoms with Gasteiger partial charge in [-0.15, -0.1) is 0 Å². The van der Waals surface area contributed by atoms with Crippen molar-refractivity contribution in [3.05, 3.63) is 45.0 Å². The summed E-state index contributed by atoms with van der Waals surface area (Å²) in [6.07, 6.45) is -1.29. The van der Waals surface area contributed by atoms with E-state index in [-0.39, 0.29) is 21.4 Å². The predicted octanol–water partition coefficient (Wildman–Crippen LogP) is 2.70. The van der Waals surface area contributed by atoms with Crippen molar-refractivity contribution in [2.75, 3.05) is 10.6 Å². The number of carbonyl (C=O) groups is 2. The molecule has 2 aromatic rings. The molecular weight excluding hydrogens is 312 g/mol. The van der Waals surface area contributed by atoms with Crippen LogP contribution in [0.25, 0.3) is 0 Å². The van der Waals surface area contributed by atoms with E-state index in [1.807, 2.05) is 0 Å². The number of amides is 2. The zero-order chi connectivity index (χ0) is 16.3. The molecule has 3 N–H and O–H groups in total. The minimum Gasteiger partial charge on any atom is -0.465 e. The highest BCUT2D eigenvalue weighted by molar-refractivity contribution is 7.17. The Morgan fingerprint density at radius 1 is 1.32 bits per heavy atom. The second-order valence-corrected chi connectivity index (χ2v) is 5.09. The standard InChI is InChI=1S/C12H10N4O5S/c1-6-9(22-11(13-6)15-12(18)19)10(17)14-7-4-2-3-5-8(7)16(20)21/h2-5H,1H3,(H,13,15)(H,14,17)(H,18,19). The number of aromatic nitrogens is 1. The van der Waals surface area contributed by atoms with Gasteiger partial charge in [-0.2, -0.15) is 0 Å². The van der Waals surface area contributed by atoms with Gasteiger partial charge in [-0.05, 0) is 13.0 Å². The summed E-state index contributed by atoms with van der Waals surface area (Å²) in [7, 11) is 0. The van der Waals surface area contributed by atoms with Gasteiger partial charge in [-0.3, -0.25) is 20.2 Å². The number of nitro benzene ring substituents is 1. The van der Waals surface area contributed by atoms with Crippen LogP contribution in [-0.4, -0.2) is 27.0 Å². The van der Waals surface area contributed by atoms with Gasteiger partial charge in [0, 0.05) is 6.07 Å². The fourth-order valence-corrected chi connectivity index (χ4v) is 2.52. The Morgan fingerprint density at radius 3 is 2.64 bits per heavy atom. The van der Waals surface area contributed by atoms with Crippen molar-refractivity contribution in [2.24, 2.45) is 0 Å². The summed E-state index contributed by atoms with van der Waals surface area (Å²) < 4.78 is 0. The lowest BCUT2D eigenvalue weighted by molar-refractivity contribution is -0.383. The molecule has 1 aromatic heterocycles. The van der Waals surface area contributed by atoms with Gasteiger partial charge in [0.15, 0.2) is 5.13 Å². The number of thiazole rings is 1. The van der Waals surface area contributed by atoms with E-state index in [4.69, 9.17) is 5.11 Å². The maximum absolute atomic E-state index is 12.2. The zero-order valence-corrected chi connectivity index (χ0v) is 12.0. The third-order valence-corrected chi connectivity index (χ3v) is 3.64. The van der Waals surface area contributed by atoms with E-state index < -0.39 is 16.9 Å². The van der Waals surface area contributed by atoms with Crippen molar-refractivity contribution >= 4 is 39.8 Å². The molecular formula is C12H10N4O5S. The smallest absolute Gasteiger partial charge is 0.410 e. The highest BCUT2D eigenvalue weighted by Gasteiger charge is 2.20. The van der Waals surface area contributed by atoms with Gasteiger partial charge >= 0.3 is 6.09 Å². The topological polar surface area (TPSA) is 134 Å². The van der Waals surface area contributed by atoms with Crippen molar-refractivity contribution in [3.8, 4) is 0 Å². The number of para-hydroxylation sites is 2. The maximum atomic E-state index is 12.2. The summed E-state index contributed by atoms with van der Waals surface area (Å²) in [5.41, 5.74) is 0.143. The number of nitro groups is 1. The van der Waals surface area contributed by atoms with E-state index in [0.717, 1.165) is 11.3 Å². The molecule has 0 saturated carbocycles. The number of benzene rings is 1. The quantitative estimate of drug-likeness (QED) is 0.585. The highest BCUT2D eigenvalue weighted by Crippen LogP contribution is 2.27. The molecule has 22 heavy (non-hydrogen) atoms. The van der Waals surface area contributed by atoms with Crippen LogP contribution >= 0.6 is 11.3 Å². The SMILES string of the molecule is Cc1nc(NC(=O)O)sc1C(=O)Nc1ccccc1[N+](=O)[O-]. The Hall–Kier alpha value is -3.01. The Kier molecular flexibility index (Phi) is 4.32. The summed E-state index contributed by atoms with van der Waals surface area (Å²) in [6.45, 7) is 1.54. The minimum absolute atomic E-state index is 0.0534. The summed E-state index contributed by atoms with van der Waals surface area (Å²) in [5, 5.41) is 24.1. The van der Waals surface area contributed by atoms with Crippen LogP contribution in [0.2, 0.25) is 0 Å². The van der Waals surface area contributed by atoms with Crippen LogP contribution in [0.3, 0.4) is 0 Å². The molecule has 2 amide bonds. The summed E-state index contributed by atoms with van der Waals surface area (Å²) in [6, 6.07) is 5.72. The first-order valence-electron chi connectivity index (χ1n) is 5.90. The van der Waals surface area contributed by atoms with E-state index in [2.05, 4.69) is 15.6 Å². The molecule has 0 atom stereocenters. The second-order valence-electron chi connectivity index (χ2n) is 4.09. The zero-order valence-electron chi connectivity index (χ0n) is 11.2. The van der Waals surface area contributed by atoms with Crippen LogP contribution < -0.4 is 10.6 Å². The Morgan fingerprint density at radius 2 is 2.00 bits per heavy atom. The molecule has 0 aliphatic rings. The predicted molar refractivity (Wildman–Crippen MR) is 79.5 cm³/mol. The molecule has 0 aliphatic heterocycles. The number of hydrogen-bond donors (Lipinski definition) is 3. The van der Waals surface area contributed by atoms with E-state index in [1.54, 1.807) is 6.07 Å². The minimum atomic E-state index is -1.29. The highest BCUT2D eigenvalue weighted by atomic mass is 32.1. The molecule has 1 aromatic carbocycles. The molecule has 114 valence electrons. The van der Waals surface area contributed by atoms with Crippen LogP contribution in [0.1, 0.15) is 15.4 Å². The molecule has 0 saturated heterocycles. The second kappa shape index (κ2) is 6.18. The van der Waals surface area contributed by atoms with Gasteiger partial charge in [0.05, 0.1) is 10.6 Å². The number of carbonyl (C=O) groups excluding carboxylic acids is 1. The van der Waals surface area contributed by atoms with E-state index in [1.165, 1.54) is 25.1 Å². The first-order chi connectivity index (χ1) is 10.4. The van der Waals surface area contributed by atoms with E-state index >= 15 is 0 Å². The van der Waals surface area contributed by atoms with Gasteiger partial charge in [0.25, 0.3) is 11.6 Å². The summed E-state index contributed by atoms with van der Waals surface area (Å²) in [5.74, 6) is -0.595. The van der Waals surface area contributed by atoms with Crippen molar-refractivity contribution in [2.45, 2.75) is 6.92 Å². The van der Waals surface area contributed by atoms with Gasteiger partial charge < -0.3 is 10.4 Å². The largest absolute Gasteiger partial charge is 0.465 e. The van der Waals surface area contributed by atoms with E-state index in [9.17, 15) is 19.7 Å². The molecule has 10 heteroatoms. The monoisotopic (exact) mass is 322 g/mol. The van der Waals surface area contributed by atoms with Crippen molar-refractivity contribution in [1.29, 1.82) is 0 Å².